The summed E-state index contributed by atoms with van der Waals surface area (Å²) in [7, 11) is 0. The number of imidazole rings is 1. The molecule has 8 nitrogen and oxygen atoms in total. The lowest BCUT2D eigenvalue weighted by Crippen LogP contribution is -2.33. The van der Waals surface area contributed by atoms with Gasteiger partial charge in [-0.05, 0) is 55.7 Å². The van der Waals surface area contributed by atoms with Gasteiger partial charge in [-0.1, -0.05) is 11.6 Å². The van der Waals surface area contributed by atoms with Crippen molar-refractivity contribution in [2.45, 2.75) is 25.8 Å². The Balaban J connectivity index is 1.46. The number of aromatic nitrogens is 5. The minimum absolute atomic E-state index is 0.0822. The summed E-state index contributed by atoms with van der Waals surface area (Å²) in [5, 5.41) is 18.2. The molecule has 4 heterocycles. The van der Waals surface area contributed by atoms with Crippen molar-refractivity contribution in [2.75, 3.05) is 23.4 Å². The SMILES string of the molecule is Cc1cc(-n2cnc(Nc3nc(N4CCC[C@H]4CO)c4cccn4n3)c2)ccc1Cl. The molecule has 1 fully saturated rings. The topological polar surface area (TPSA) is 83.5 Å². The highest BCUT2D eigenvalue weighted by Crippen LogP contribution is 2.29. The molecule has 1 aromatic carbocycles. The molecule has 3 aromatic heterocycles. The van der Waals surface area contributed by atoms with Gasteiger partial charge < -0.3 is 19.9 Å². The monoisotopic (exact) mass is 423 g/mol. The van der Waals surface area contributed by atoms with Crippen LogP contribution in [0.25, 0.3) is 11.2 Å². The van der Waals surface area contributed by atoms with E-state index in [4.69, 9.17) is 16.6 Å². The van der Waals surface area contributed by atoms with Crippen molar-refractivity contribution in [3.8, 4) is 5.69 Å². The third kappa shape index (κ3) is 3.38. The van der Waals surface area contributed by atoms with Crippen molar-refractivity contribution in [2.24, 2.45) is 0 Å². The Morgan fingerprint density at radius 1 is 1.30 bits per heavy atom. The first-order valence-electron chi connectivity index (χ1n) is 9.93. The van der Waals surface area contributed by atoms with E-state index in [1.165, 1.54) is 0 Å². The van der Waals surface area contributed by atoms with Crippen molar-refractivity contribution in [3.05, 3.63) is 59.6 Å². The summed E-state index contributed by atoms with van der Waals surface area (Å²) >= 11 is 6.13. The number of nitrogens with zero attached hydrogens (tertiary/aromatic N) is 6. The first-order valence-corrected chi connectivity index (χ1v) is 10.3. The van der Waals surface area contributed by atoms with E-state index in [0.717, 1.165) is 47.0 Å². The number of hydrogen-bond donors (Lipinski definition) is 2. The third-order valence-electron chi connectivity index (χ3n) is 5.49. The summed E-state index contributed by atoms with van der Waals surface area (Å²) < 4.78 is 3.72. The summed E-state index contributed by atoms with van der Waals surface area (Å²) in [4.78, 5) is 11.4. The van der Waals surface area contributed by atoms with Crippen LogP contribution in [-0.4, -0.2) is 48.4 Å². The molecular formula is C21H22ClN7O. The summed E-state index contributed by atoms with van der Waals surface area (Å²) in [6.07, 6.45) is 7.52. The Bertz CT molecular complexity index is 1200. The summed E-state index contributed by atoms with van der Waals surface area (Å²) in [5.41, 5.74) is 2.90. The zero-order valence-corrected chi connectivity index (χ0v) is 17.3. The van der Waals surface area contributed by atoms with Crippen LogP contribution in [0.5, 0.6) is 0 Å². The second-order valence-corrected chi connectivity index (χ2v) is 7.90. The van der Waals surface area contributed by atoms with Gasteiger partial charge in [-0.25, -0.2) is 9.50 Å². The molecule has 0 unspecified atom stereocenters. The van der Waals surface area contributed by atoms with Crippen molar-refractivity contribution >= 4 is 34.7 Å². The maximum atomic E-state index is 9.74. The van der Waals surface area contributed by atoms with Crippen molar-refractivity contribution < 1.29 is 5.11 Å². The molecular weight excluding hydrogens is 402 g/mol. The molecule has 0 amide bonds. The fourth-order valence-electron chi connectivity index (χ4n) is 3.92. The number of nitrogens with one attached hydrogen (secondary N) is 1. The second-order valence-electron chi connectivity index (χ2n) is 7.49. The van der Waals surface area contributed by atoms with E-state index in [1.807, 2.05) is 54.2 Å². The Labute approximate surface area is 178 Å². The minimum Gasteiger partial charge on any atom is -0.394 e. The number of rotatable bonds is 5. The number of fused-ring (bicyclic) bond motifs is 1. The standard InChI is InChI=1S/C21H22ClN7O/c1-14-10-15(6-7-17(14)22)27-11-19(23-13-27)24-21-25-20(18-5-3-9-29(18)26-21)28-8-2-4-16(28)12-30/h3,5-7,9-11,13,16,30H,2,4,8,12H2,1H3,(H,24,26)/t16-/m0/s1. The van der Waals surface area contributed by atoms with Gasteiger partial charge in [0.15, 0.2) is 11.6 Å². The van der Waals surface area contributed by atoms with Crippen LogP contribution in [0.15, 0.2) is 49.1 Å². The van der Waals surface area contributed by atoms with Crippen molar-refractivity contribution in [1.29, 1.82) is 0 Å². The van der Waals surface area contributed by atoms with Crippen LogP contribution in [0.3, 0.4) is 0 Å². The highest BCUT2D eigenvalue weighted by Gasteiger charge is 2.27. The maximum Gasteiger partial charge on any atom is 0.248 e. The van der Waals surface area contributed by atoms with Gasteiger partial charge in [-0.15, -0.1) is 5.10 Å². The van der Waals surface area contributed by atoms with E-state index < -0.39 is 0 Å². The Morgan fingerprint density at radius 3 is 3.03 bits per heavy atom. The molecule has 0 bridgehead atoms. The molecule has 30 heavy (non-hydrogen) atoms. The van der Waals surface area contributed by atoms with Gasteiger partial charge in [0.2, 0.25) is 5.95 Å². The predicted molar refractivity (Wildman–Crippen MR) is 117 cm³/mol. The van der Waals surface area contributed by atoms with E-state index in [0.29, 0.717) is 11.8 Å². The lowest BCUT2D eigenvalue weighted by molar-refractivity contribution is 0.266. The minimum atomic E-state index is 0.0822. The van der Waals surface area contributed by atoms with Crippen LogP contribution in [0, 0.1) is 6.92 Å². The maximum absolute atomic E-state index is 9.74. The highest BCUT2D eigenvalue weighted by molar-refractivity contribution is 6.31. The summed E-state index contributed by atoms with van der Waals surface area (Å²) in [6.45, 7) is 2.96. The molecule has 1 atom stereocenters. The molecule has 1 aliphatic heterocycles. The first-order chi connectivity index (χ1) is 14.6. The molecule has 0 saturated carbocycles. The average molecular weight is 424 g/mol. The van der Waals surface area contributed by atoms with Gasteiger partial charge in [-0.3, -0.25) is 0 Å². The first kappa shape index (κ1) is 18.9. The molecule has 1 aliphatic rings. The van der Waals surface area contributed by atoms with Crippen LogP contribution in [0.1, 0.15) is 18.4 Å². The normalized spacial score (nSPS) is 16.5. The van der Waals surface area contributed by atoms with Gasteiger partial charge in [-0.2, -0.15) is 4.98 Å². The number of benzene rings is 1. The molecule has 0 spiro atoms. The van der Waals surface area contributed by atoms with Crippen LogP contribution in [0.4, 0.5) is 17.6 Å². The van der Waals surface area contributed by atoms with Crippen molar-refractivity contribution in [3.63, 3.8) is 0 Å². The summed E-state index contributed by atoms with van der Waals surface area (Å²) in [5.74, 6) is 1.91. The van der Waals surface area contributed by atoms with Gasteiger partial charge >= 0.3 is 0 Å². The van der Waals surface area contributed by atoms with E-state index in [1.54, 1.807) is 10.8 Å². The second kappa shape index (κ2) is 7.62. The molecule has 154 valence electrons. The van der Waals surface area contributed by atoms with E-state index in [2.05, 4.69) is 20.3 Å². The smallest absolute Gasteiger partial charge is 0.248 e. The molecule has 0 aliphatic carbocycles. The number of aryl methyl sites for hydroxylation is 1. The molecule has 9 heteroatoms. The van der Waals surface area contributed by atoms with Gasteiger partial charge in [0.25, 0.3) is 0 Å². The molecule has 5 rings (SSSR count). The van der Waals surface area contributed by atoms with Crippen LogP contribution < -0.4 is 10.2 Å². The Kier molecular flexibility index (Phi) is 4.80. The average Bonchev–Trinajstić information content (AvgIpc) is 3.49. The van der Waals surface area contributed by atoms with E-state index in [-0.39, 0.29) is 12.6 Å². The number of aliphatic hydroxyl groups excluding tert-OH is 1. The third-order valence-corrected chi connectivity index (χ3v) is 5.92. The zero-order chi connectivity index (χ0) is 20.7. The quantitative estimate of drug-likeness (QED) is 0.510. The predicted octanol–water partition coefficient (Wildman–Crippen LogP) is 3.58. The number of hydrogen-bond acceptors (Lipinski definition) is 6. The van der Waals surface area contributed by atoms with Gasteiger partial charge in [0.1, 0.15) is 11.8 Å². The number of anilines is 3. The molecule has 4 aromatic rings. The van der Waals surface area contributed by atoms with E-state index >= 15 is 0 Å². The number of halogens is 1. The highest BCUT2D eigenvalue weighted by atomic mass is 35.5. The van der Waals surface area contributed by atoms with Crippen molar-refractivity contribution in [1.82, 2.24) is 24.1 Å². The van der Waals surface area contributed by atoms with Crippen LogP contribution in [-0.2, 0) is 0 Å². The lowest BCUT2D eigenvalue weighted by atomic mass is 10.2. The van der Waals surface area contributed by atoms with Gasteiger partial charge in [0, 0.05) is 23.5 Å². The van der Waals surface area contributed by atoms with E-state index in [9.17, 15) is 5.11 Å². The zero-order valence-electron chi connectivity index (χ0n) is 16.5. The number of aliphatic hydroxyl groups is 1. The molecule has 0 radical (unpaired) electrons. The van der Waals surface area contributed by atoms with Crippen LogP contribution >= 0.6 is 11.6 Å². The summed E-state index contributed by atoms with van der Waals surface area (Å²) in [6, 6.07) is 9.85. The Morgan fingerprint density at radius 2 is 2.20 bits per heavy atom. The largest absolute Gasteiger partial charge is 0.394 e. The lowest BCUT2D eigenvalue weighted by Gasteiger charge is -2.25. The molecule has 2 N–H and O–H groups in total. The fraction of sp³-hybridized carbons (Fsp3) is 0.286. The molecule has 1 saturated heterocycles. The van der Waals surface area contributed by atoms with Crippen LogP contribution in [0.2, 0.25) is 5.02 Å². The van der Waals surface area contributed by atoms with Gasteiger partial charge in [0.05, 0.1) is 18.8 Å². The fourth-order valence-corrected chi connectivity index (χ4v) is 4.04. The Hall–Kier alpha value is -3.10.